The van der Waals surface area contributed by atoms with Gasteiger partial charge in [-0.15, -0.1) is 0 Å². The van der Waals surface area contributed by atoms with Gasteiger partial charge in [-0.05, 0) is 0 Å². The van der Waals surface area contributed by atoms with Crippen molar-refractivity contribution in [2.45, 2.75) is 6.92 Å². The number of nitrogens with zero attached hydrogens (tertiary/aromatic N) is 1. The number of hydrogen-bond acceptors (Lipinski definition) is 3. The second kappa shape index (κ2) is 6.18. The van der Waals surface area contributed by atoms with Gasteiger partial charge in [-0.25, -0.2) is 0 Å². The van der Waals surface area contributed by atoms with E-state index in [1.165, 1.54) is 0 Å². The molecule has 3 rings (SSSR count). The zero-order valence-electron chi connectivity index (χ0n) is 11.1. The van der Waals surface area contributed by atoms with E-state index < -0.39 is 23.8 Å². The molecule has 97 valence electrons. The van der Waals surface area contributed by atoms with Crippen molar-refractivity contribution in [3.05, 3.63) is 66.4 Å². The number of aromatic nitrogens is 1. The van der Waals surface area contributed by atoms with Gasteiger partial charge in [-0.1, -0.05) is 0 Å². The molecule has 20 heavy (non-hydrogen) atoms. The van der Waals surface area contributed by atoms with Gasteiger partial charge in [0.05, 0.1) is 0 Å². The van der Waals surface area contributed by atoms with Gasteiger partial charge in [-0.2, -0.15) is 0 Å². The summed E-state index contributed by atoms with van der Waals surface area (Å²) in [5, 5.41) is 1.09. The van der Waals surface area contributed by atoms with Crippen LogP contribution >= 0.6 is 0 Å². The summed E-state index contributed by atoms with van der Waals surface area (Å²) in [6, 6.07) is 19.8. The number of hydrogen-bond donors (Lipinski definition) is 0. The zero-order chi connectivity index (χ0) is 13.8. The summed E-state index contributed by atoms with van der Waals surface area (Å²) in [7, 11) is 0. The Labute approximate surface area is 130 Å². The predicted octanol–water partition coefficient (Wildman–Crippen LogP) is 3.54. The molecule has 0 aliphatic heterocycles. The average Bonchev–Trinajstić information content (AvgIpc) is 2.49. The summed E-state index contributed by atoms with van der Waals surface area (Å²) < 4.78 is 11.6. The molecule has 1 radical (unpaired) electrons. The van der Waals surface area contributed by atoms with Gasteiger partial charge >= 0.3 is 130 Å². The number of aryl methyl sites for hydroxylation is 1. The minimum absolute atomic E-state index is 0.823. The Morgan fingerprint density at radius 1 is 0.850 bits per heavy atom. The van der Waals surface area contributed by atoms with E-state index in [1.807, 2.05) is 61.5 Å². The van der Waals surface area contributed by atoms with Gasteiger partial charge in [0.1, 0.15) is 0 Å². The number of para-hydroxylation sites is 2. The number of pyridine rings is 1. The summed E-state index contributed by atoms with van der Waals surface area (Å²) in [5.41, 5.74) is 1.90. The van der Waals surface area contributed by atoms with Crippen molar-refractivity contribution in [3.8, 4) is 11.5 Å². The first-order valence-electron chi connectivity index (χ1n) is 6.39. The molecule has 0 saturated heterocycles. The molecule has 2 aromatic carbocycles. The van der Waals surface area contributed by atoms with Crippen LogP contribution in [-0.4, -0.2) is 28.8 Å². The SMILES string of the molecule is Cc1ccc2cccc([O][In][O]c3ccccc3)c2n1. The molecule has 3 aromatic rings. The van der Waals surface area contributed by atoms with Crippen LogP contribution in [0, 0.1) is 6.92 Å². The van der Waals surface area contributed by atoms with E-state index in [2.05, 4.69) is 11.1 Å². The summed E-state index contributed by atoms with van der Waals surface area (Å²) in [6.07, 6.45) is 0. The Balaban J connectivity index is 1.76. The van der Waals surface area contributed by atoms with Crippen molar-refractivity contribution in [3.63, 3.8) is 0 Å². The third kappa shape index (κ3) is 3.07. The molecule has 0 bridgehead atoms. The van der Waals surface area contributed by atoms with Gasteiger partial charge in [0.2, 0.25) is 0 Å². The first kappa shape index (κ1) is 13.3. The second-order valence-electron chi connectivity index (χ2n) is 4.43. The van der Waals surface area contributed by atoms with Gasteiger partial charge in [-0.3, -0.25) is 0 Å². The molecule has 1 heterocycles. The Bertz CT molecular complexity index is 716. The summed E-state index contributed by atoms with van der Waals surface area (Å²) in [6.45, 7) is 1.98. The summed E-state index contributed by atoms with van der Waals surface area (Å²) in [5.74, 6) is 1.70. The summed E-state index contributed by atoms with van der Waals surface area (Å²) in [4.78, 5) is 4.55. The predicted molar refractivity (Wildman–Crippen MR) is 79.9 cm³/mol. The van der Waals surface area contributed by atoms with Crippen LogP contribution in [0.15, 0.2) is 60.7 Å². The molecule has 0 aliphatic rings. The van der Waals surface area contributed by atoms with Crippen LogP contribution in [0.5, 0.6) is 11.5 Å². The molecular weight excluding hydrogens is 353 g/mol. The Kier molecular flexibility index (Phi) is 4.11. The van der Waals surface area contributed by atoms with E-state index in [0.29, 0.717) is 0 Å². The third-order valence-corrected chi connectivity index (χ3v) is 4.98. The van der Waals surface area contributed by atoms with Crippen molar-refractivity contribution < 1.29 is 5.71 Å². The first-order valence-corrected chi connectivity index (χ1v) is 9.08. The molecule has 0 N–H and O–H groups in total. The molecule has 0 unspecified atom stereocenters. The second-order valence-corrected chi connectivity index (χ2v) is 6.32. The normalized spacial score (nSPS) is 10.2. The van der Waals surface area contributed by atoms with Crippen LogP contribution in [0.25, 0.3) is 10.9 Å². The quantitative estimate of drug-likeness (QED) is 0.708. The maximum absolute atomic E-state index is 5.88. The van der Waals surface area contributed by atoms with Crippen LogP contribution in [-0.2, 0) is 0 Å². The topological polar surface area (TPSA) is 31.4 Å². The van der Waals surface area contributed by atoms with E-state index in [-0.39, 0.29) is 0 Å². The molecule has 1 aromatic heterocycles. The van der Waals surface area contributed by atoms with E-state index >= 15 is 0 Å². The third-order valence-electron chi connectivity index (χ3n) is 2.92. The number of fused-ring (bicyclic) bond motifs is 1. The average molecular weight is 366 g/mol. The molecule has 0 aliphatic carbocycles. The standard InChI is InChI=1S/C10H9NO.C6H6O.In/c1-7-5-6-8-3-2-4-9(12)10(8)11-7;7-6-4-2-1-3-5-6;/h2-6,12H,1H3;1-5,7H;/q;;+2/p-2. The fourth-order valence-electron chi connectivity index (χ4n) is 1.94. The van der Waals surface area contributed by atoms with Crippen molar-refractivity contribution in [1.82, 2.24) is 4.98 Å². The number of benzene rings is 2. The van der Waals surface area contributed by atoms with Crippen LogP contribution in [0.1, 0.15) is 5.69 Å². The fourth-order valence-corrected chi connectivity index (χ4v) is 3.68. The van der Waals surface area contributed by atoms with Crippen LogP contribution in [0.3, 0.4) is 0 Å². The molecule has 0 atom stereocenters. The minimum atomic E-state index is -1.60. The molecule has 3 nitrogen and oxygen atoms in total. The van der Waals surface area contributed by atoms with Crippen LogP contribution < -0.4 is 5.71 Å². The monoisotopic (exact) mass is 366 g/mol. The van der Waals surface area contributed by atoms with Crippen LogP contribution in [0.4, 0.5) is 0 Å². The van der Waals surface area contributed by atoms with Gasteiger partial charge in [0, 0.05) is 0 Å². The Morgan fingerprint density at radius 2 is 1.70 bits per heavy atom. The summed E-state index contributed by atoms with van der Waals surface area (Å²) >= 11 is -1.60. The number of rotatable bonds is 4. The van der Waals surface area contributed by atoms with E-state index in [9.17, 15) is 0 Å². The molecule has 0 fully saturated rings. The molecule has 0 amide bonds. The van der Waals surface area contributed by atoms with Crippen molar-refractivity contribution >= 4 is 34.7 Å². The zero-order valence-corrected chi connectivity index (χ0v) is 14.4. The van der Waals surface area contributed by atoms with Crippen molar-refractivity contribution in [2.75, 3.05) is 0 Å². The van der Waals surface area contributed by atoms with E-state index in [0.717, 1.165) is 28.1 Å². The molecular formula is C16H13InNO2. The van der Waals surface area contributed by atoms with Crippen LogP contribution in [0.2, 0.25) is 0 Å². The van der Waals surface area contributed by atoms with E-state index in [1.54, 1.807) is 0 Å². The Hall–Kier alpha value is -1.68. The molecule has 0 saturated carbocycles. The first-order chi connectivity index (χ1) is 9.83. The molecule has 0 spiro atoms. The fraction of sp³-hybridized carbons (Fsp3) is 0.0625. The molecule has 4 heteroatoms. The van der Waals surface area contributed by atoms with Gasteiger partial charge < -0.3 is 0 Å². The van der Waals surface area contributed by atoms with Gasteiger partial charge in [0.15, 0.2) is 0 Å². The van der Waals surface area contributed by atoms with Gasteiger partial charge in [0.25, 0.3) is 0 Å². The van der Waals surface area contributed by atoms with Crippen molar-refractivity contribution in [2.24, 2.45) is 0 Å². The van der Waals surface area contributed by atoms with E-state index in [4.69, 9.17) is 5.71 Å². The van der Waals surface area contributed by atoms with Crippen molar-refractivity contribution in [1.29, 1.82) is 0 Å². The Morgan fingerprint density at radius 3 is 2.55 bits per heavy atom. The maximum atomic E-state index is 5.88.